The van der Waals surface area contributed by atoms with Crippen molar-refractivity contribution in [1.29, 1.82) is 0 Å². The minimum absolute atomic E-state index is 0.546. The first kappa shape index (κ1) is 19.8. The lowest BCUT2D eigenvalue weighted by molar-refractivity contribution is 0.414. The number of rotatable bonds is 5. The van der Waals surface area contributed by atoms with Crippen LogP contribution in [0, 0.1) is 13.8 Å². The summed E-state index contributed by atoms with van der Waals surface area (Å²) >= 11 is 1.48. The zero-order valence-electron chi connectivity index (χ0n) is 18.3. The summed E-state index contributed by atoms with van der Waals surface area (Å²) < 4.78 is 15.1. The second-order valence-electron chi connectivity index (χ2n) is 7.72. The minimum atomic E-state index is 0.546. The fourth-order valence-electron chi connectivity index (χ4n) is 4.07. The molecule has 0 atom stereocenters. The summed E-state index contributed by atoms with van der Waals surface area (Å²) in [5.74, 6) is 2.04. The van der Waals surface area contributed by atoms with Gasteiger partial charge in [-0.15, -0.1) is 5.10 Å². The van der Waals surface area contributed by atoms with Crippen LogP contribution in [0.25, 0.3) is 33.5 Å². The summed E-state index contributed by atoms with van der Waals surface area (Å²) in [7, 11) is 1.67. The van der Waals surface area contributed by atoms with Crippen molar-refractivity contribution < 1.29 is 9.15 Å². The van der Waals surface area contributed by atoms with Gasteiger partial charge in [-0.05, 0) is 43.7 Å². The van der Waals surface area contributed by atoms with Crippen LogP contribution in [-0.2, 0) is 5.75 Å². The van der Waals surface area contributed by atoms with E-state index >= 15 is 0 Å². The number of thioether (sulfide) groups is 1. The van der Waals surface area contributed by atoms with Crippen molar-refractivity contribution in [3.8, 4) is 11.4 Å². The number of methoxy groups -OCH3 is 1. The Bertz CT molecular complexity index is 1610. The number of nitrogens with zero attached hydrogens (tertiary/aromatic N) is 6. The zero-order valence-corrected chi connectivity index (χ0v) is 19.1. The van der Waals surface area contributed by atoms with Crippen LogP contribution >= 0.6 is 11.8 Å². The normalized spacial score (nSPS) is 11.7. The van der Waals surface area contributed by atoms with Crippen LogP contribution in [0.3, 0.4) is 0 Å². The van der Waals surface area contributed by atoms with Gasteiger partial charge in [0, 0.05) is 11.8 Å². The van der Waals surface area contributed by atoms with Gasteiger partial charge in [0.2, 0.25) is 0 Å². The van der Waals surface area contributed by atoms with Gasteiger partial charge in [-0.1, -0.05) is 30.0 Å². The van der Waals surface area contributed by atoms with Gasteiger partial charge in [-0.25, -0.2) is 19.5 Å². The van der Waals surface area contributed by atoms with Gasteiger partial charge in [0.15, 0.2) is 22.7 Å². The summed E-state index contributed by atoms with van der Waals surface area (Å²) in [6, 6.07) is 15.7. The molecule has 0 saturated heterocycles. The van der Waals surface area contributed by atoms with E-state index in [0.29, 0.717) is 16.8 Å². The standard InChI is InChI=1S/C24H20N6O2S/c1-14-15(2)30(16-7-6-8-17(11-16)31-3)22-21(14)23-27-20(28-29(23)13-25-22)12-33-24-26-18-9-4-5-10-19(18)32-24/h4-11,13H,12H2,1-3H3. The van der Waals surface area contributed by atoms with Crippen molar-refractivity contribution >= 4 is 39.5 Å². The van der Waals surface area contributed by atoms with Crippen molar-refractivity contribution in [2.75, 3.05) is 7.11 Å². The van der Waals surface area contributed by atoms with Crippen LogP contribution < -0.4 is 4.74 Å². The van der Waals surface area contributed by atoms with E-state index in [1.165, 1.54) is 11.8 Å². The molecular weight excluding hydrogens is 436 g/mol. The molecule has 9 heteroatoms. The number of hydrogen-bond donors (Lipinski definition) is 0. The second kappa shape index (κ2) is 7.63. The molecule has 0 radical (unpaired) electrons. The molecule has 0 aliphatic carbocycles. The van der Waals surface area contributed by atoms with Crippen LogP contribution in [0.1, 0.15) is 17.1 Å². The van der Waals surface area contributed by atoms with E-state index in [0.717, 1.165) is 50.5 Å². The number of fused-ring (bicyclic) bond motifs is 4. The third-order valence-corrected chi connectivity index (χ3v) is 6.61. The monoisotopic (exact) mass is 456 g/mol. The van der Waals surface area contributed by atoms with Crippen molar-refractivity contribution in [3.05, 3.63) is 71.9 Å². The molecule has 0 unspecified atom stereocenters. The van der Waals surface area contributed by atoms with E-state index < -0.39 is 0 Å². The molecule has 0 fully saturated rings. The highest BCUT2D eigenvalue weighted by atomic mass is 32.2. The SMILES string of the molecule is COc1cccc(-n2c(C)c(C)c3c2ncn2nc(CSc4nc5ccccc5o4)nc32)c1. The van der Waals surface area contributed by atoms with E-state index in [1.807, 2.05) is 48.5 Å². The maximum absolute atomic E-state index is 5.80. The quantitative estimate of drug-likeness (QED) is 0.333. The van der Waals surface area contributed by atoms with Gasteiger partial charge in [0.05, 0.1) is 23.9 Å². The number of aryl methyl sites for hydroxylation is 1. The predicted molar refractivity (Wildman–Crippen MR) is 127 cm³/mol. The Hall–Kier alpha value is -3.85. The Labute approximate surface area is 193 Å². The summed E-state index contributed by atoms with van der Waals surface area (Å²) in [5.41, 5.74) is 6.47. The first-order chi connectivity index (χ1) is 16.1. The molecule has 0 spiro atoms. The fraction of sp³-hybridized carbons (Fsp3) is 0.167. The Balaban J connectivity index is 1.40. The summed E-state index contributed by atoms with van der Waals surface area (Å²) in [6.07, 6.45) is 1.72. The molecule has 164 valence electrons. The number of para-hydroxylation sites is 2. The van der Waals surface area contributed by atoms with Crippen molar-refractivity contribution in [1.82, 2.24) is 29.1 Å². The maximum Gasteiger partial charge on any atom is 0.257 e. The van der Waals surface area contributed by atoms with Gasteiger partial charge in [-0.3, -0.25) is 4.57 Å². The zero-order chi connectivity index (χ0) is 22.5. The molecule has 6 aromatic rings. The molecule has 0 N–H and O–H groups in total. The molecule has 8 nitrogen and oxygen atoms in total. The highest BCUT2D eigenvalue weighted by molar-refractivity contribution is 7.98. The smallest absolute Gasteiger partial charge is 0.257 e. The molecule has 33 heavy (non-hydrogen) atoms. The van der Waals surface area contributed by atoms with E-state index in [2.05, 4.69) is 28.5 Å². The van der Waals surface area contributed by atoms with Gasteiger partial charge in [0.25, 0.3) is 5.22 Å². The van der Waals surface area contributed by atoms with E-state index in [9.17, 15) is 0 Å². The lowest BCUT2D eigenvalue weighted by Crippen LogP contribution is -1.99. The van der Waals surface area contributed by atoms with Crippen molar-refractivity contribution in [2.45, 2.75) is 24.8 Å². The number of hydrogen-bond acceptors (Lipinski definition) is 7. The fourth-order valence-corrected chi connectivity index (χ4v) is 4.76. The molecule has 6 rings (SSSR count). The lowest BCUT2D eigenvalue weighted by Gasteiger charge is -2.09. The summed E-state index contributed by atoms with van der Waals surface area (Å²) in [5, 5.41) is 6.23. The van der Waals surface area contributed by atoms with Gasteiger partial charge in [0.1, 0.15) is 17.6 Å². The molecule has 0 aliphatic heterocycles. The minimum Gasteiger partial charge on any atom is -0.497 e. The number of oxazole rings is 1. The Morgan fingerprint density at radius 2 is 1.91 bits per heavy atom. The number of benzene rings is 2. The van der Waals surface area contributed by atoms with Crippen molar-refractivity contribution in [3.63, 3.8) is 0 Å². The van der Waals surface area contributed by atoms with Crippen LogP contribution in [0.2, 0.25) is 0 Å². The van der Waals surface area contributed by atoms with Crippen LogP contribution in [-0.4, -0.2) is 36.2 Å². The summed E-state index contributed by atoms with van der Waals surface area (Å²) in [6.45, 7) is 4.19. The first-order valence-electron chi connectivity index (χ1n) is 10.5. The molecule has 4 heterocycles. The Kier molecular flexibility index (Phi) is 4.58. The molecule has 4 aromatic heterocycles. The van der Waals surface area contributed by atoms with E-state index in [1.54, 1.807) is 18.0 Å². The van der Waals surface area contributed by atoms with Gasteiger partial charge in [-0.2, -0.15) is 0 Å². The maximum atomic E-state index is 5.80. The third-order valence-electron chi connectivity index (χ3n) is 5.79. The van der Waals surface area contributed by atoms with Crippen LogP contribution in [0.5, 0.6) is 5.75 Å². The van der Waals surface area contributed by atoms with Gasteiger partial charge < -0.3 is 9.15 Å². The summed E-state index contributed by atoms with van der Waals surface area (Å²) in [4.78, 5) is 14.1. The molecule has 0 aliphatic rings. The highest BCUT2D eigenvalue weighted by Crippen LogP contribution is 2.31. The topological polar surface area (TPSA) is 83.3 Å². The predicted octanol–water partition coefficient (Wildman–Crippen LogP) is 5.13. The Morgan fingerprint density at radius 1 is 1.03 bits per heavy atom. The molecular formula is C24H20N6O2S. The number of ether oxygens (including phenoxy) is 1. The van der Waals surface area contributed by atoms with E-state index in [4.69, 9.17) is 19.1 Å². The molecule has 2 aromatic carbocycles. The first-order valence-corrected chi connectivity index (χ1v) is 11.5. The largest absolute Gasteiger partial charge is 0.497 e. The number of aromatic nitrogens is 6. The Morgan fingerprint density at radius 3 is 2.76 bits per heavy atom. The molecule has 0 amide bonds. The van der Waals surface area contributed by atoms with E-state index in [-0.39, 0.29) is 0 Å². The second-order valence-corrected chi connectivity index (χ2v) is 8.65. The average molecular weight is 457 g/mol. The van der Waals surface area contributed by atoms with Gasteiger partial charge >= 0.3 is 0 Å². The average Bonchev–Trinajstić information content (AvgIpc) is 3.51. The van der Waals surface area contributed by atoms with Crippen LogP contribution in [0.4, 0.5) is 0 Å². The lowest BCUT2D eigenvalue weighted by atomic mass is 10.2. The van der Waals surface area contributed by atoms with Crippen LogP contribution in [0.15, 0.2) is 64.5 Å². The van der Waals surface area contributed by atoms with Crippen molar-refractivity contribution in [2.24, 2.45) is 0 Å². The highest BCUT2D eigenvalue weighted by Gasteiger charge is 2.19. The molecule has 0 bridgehead atoms. The third kappa shape index (κ3) is 3.23. The molecule has 0 saturated carbocycles.